The van der Waals surface area contributed by atoms with Crippen molar-refractivity contribution in [2.75, 3.05) is 25.2 Å². The molecule has 6 nitrogen and oxygen atoms in total. The number of methoxy groups -OCH3 is 1. The van der Waals surface area contributed by atoms with Crippen molar-refractivity contribution in [2.24, 2.45) is 4.99 Å². The summed E-state index contributed by atoms with van der Waals surface area (Å²) in [6.45, 7) is 3.79. The first-order valence-electron chi connectivity index (χ1n) is 10.4. The van der Waals surface area contributed by atoms with Gasteiger partial charge in [-0.1, -0.05) is 0 Å². The van der Waals surface area contributed by atoms with Gasteiger partial charge in [0, 0.05) is 16.0 Å². The predicted molar refractivity (Wildman–Crippen MR) is 118 cm³/mol. The number of aryl methyl sites for hydroxylation is 1. The number of hydrogen-bond donors (Lipinski definition) is 0. The Morgan fingerprint density at radius 3 is 2.67 bits per heavy atom. The van der Waals surface area contributed by atoms with E-state index in [1.165, 1.54) is 10.4 Å². The molecule has 1 aromatic heterocycles. The van der Waals surface area contributed by atoms with Crippen LogP contribution >= 0.6 is 11.3 Å². The maximum atomic E-state index is 13.1. The highest BCUT2D eigenvalue weighted by Gasteiger charge is 2.37. The first kappa shape index (κ1) is 20.6. The van der Waals surface area contributed by atoms with Crippen molar-refractivity contribution >= 4 is 33.9 Å². The van der Waals surface area contributed by atoms with E-state index in [1.54, 1.807) is 37.2 Å². The summed E-state index contributed by atoms with van der Waals surface area (Å²) in [5.41, 5.74) is 4.04. The van der Waals surface area contributed by atoms with E-state index in [-0.39, 0.29) is 19.1 Å². The highest BCUT2D eigenvalue weighted by atomic mass is 32.1. The molecule has 2 aliphatic rings. The predicted octanol–water partition coefficient (Wildman–Crippen LogP) is 3.77. The fourth-order valence-electron chi connectivity index (χ4n) is 4.13. The normalized spacial score (nSPS) is 16.8. The molecule has 2 heterocycles. The number of fused-ring (bicyclic) bond motifs is 3. The molecule has 1 aliphatic carbocycles. The number of rotatable bonds is 5. The lowest BCUT2D eigenvalue weighted by atomic mass is 9.91. The molecule has 2 aromatic rings. The van der Waals surface area contributed by atoms with E-state index in [9.17, 15) is 9.59 Å². The lowest BCUT2D eigenvalue weighted by Gasteiger charge is -2.26. The van der Waals surface area contributed by atoms with Gasteiger partial charge in [-0.25, -0.2) is 4.79 Å². The van der Waals surface area contributed by atoms with Crippen LogP contribution in [0.2, 0.25) is 0 Å². The van der Waals surface area contributed by atoms with Crippen LogP contribution in [-0.2, 0) is 27.2 Å². The summed E-state index contributed by atoms with van der Waals surface area (Å²) in [6, 6.07) is 7.07. The first-order valence-corrected chi connectivity index (χ1v) is 11.2. The Bertz CT molecular complexity index is 993. The van der Waals surface area contributed by atoms with E-state index in [1.807, 2.05) is 24.3 Å². The van der Waals surface area contributed by atoms with Gasteiger partial charge in [0.15, 0.2) is 0 Å². The third kappa shape index (κ3) is 3.62. The minimum absolute atomic E-state index is 0.00127. The van der Waals surface area contributed by atoms with E-state index < -0.39 is 12.0 Å². The number of thiophene rings is 1. The van der Waals surface area contributed by atoms with Crippen molar-refractivity contribution in [3.63, 3.8) is 0 Å². The van der Waals surface area contributed by atoms with Crippen molar-refractivity contribution in [1.82, 2.24) is 0 Å². The molecule has 0 N–H and O–H groups in total. The van der Waals surface area contributed by atoms with Crippen LogP contribution in [0.5, 0.6) is 5.75 Å². The average Bonchev–Trinajstić information content (AvgIpc) is 3.06. The molecule has 30 heavy (non-hydrogen) atoms. The number of benzene rings is 1. The zero-order chi connectivity index (χ0) is 21.3. The maximum absolute atomic E-state index is 13.1. The molecular formula is C23H26N2O4S. The molecule has 0 radical (unpaired) electrons. The van der Waals surface area contributed by atoms with Gasteiger partial charge in [0.1, 0.15) is 23.3 Å². The Morgan fingerprint density at radius 1 is 1.23 bits per heavy atom. The minimum atomic E-state index is -0.693. The summed E-state index contributed by atoms with van der Waals surface area (Å²) < 4.78 is 10.5. The molecule has 1 aromatic carbocycles. The molecule has 1 atom stereocenters. The van der Waals surface area contributed by atoms with E-state index in [0.29, 0.717) is 0 Å². The van der Waals surface area contributed by atoms with Crippen LogP contribution in [0.25, 0.3) is 0 Å². The smallest absolute Gasteiger partial charge is 0.328 e. The second-order valence-corrected chi connectivity index (χ2v) is 8.56. The lowest BCUT2D eigenvalue weighted by Crippen LogP contribution is -2.45. The first-order chi connectivity index (χ1) is 14.5. The van der Waals surface area contributed by atoms with Crippen molar-refractivity contribution in [1.29, 1.82) is 0 Å². The van der Waals surface area contributed by atoms with Crippen molar-refractivity contribution in [3.8, 4) is 5.75 Å². The molecule has 0 spiro atoms. The summed E-state index contributed by atoms with van der Waals surface area (Å²) >= 11 is 1.62. The Labute approximate surface area is 180 Å². The molecule has 158 valence electrons. The number of carbonyl (C=O) groups excluding carboxylic acids is 2. The third-order valence-corrected chi connectivity index (χ3v) is 6.92. The highest BCUT2D eigenvalue weighted by Crippen LogP contribution is 2.43. The zero-order valence-electron chi connectivity index (χ0n) is 17.6. The van der Waals surface area contributed by atoms with Crippen molar-refractivity contribution in [2.45, 2.75) is 45.6 Å². The van der Waals surface area contributed by atoms with E-state index in [0.717, 1.165) is 53.3 Å². The molecule has 0 fully saturated rings. The summed E-state index contributed by atoms with van der Waals surface area (Å²) in [7, 11) is 1.64. The van der Waals surface area contributed by atoms with Crippen LogP contribution in [-0.4, -0.2) is 43.9 Å². The number of ether oxygens (including phenoxy) is 2. The van der Waals surface area contributed by atoms with Crippen LogP contribution in [0.15, 0.2) is 29.3 Å². The van der Waals surface area contributed by atoms with Crippen LogP contribution in [0.4, 0.5) is 5.00 Å². The fourth-order valence-corrected chi connectivity index (χ4v) is 5.61. The van der Waals surface area contributed by atoms with Crippen LogP contribution in [0.1, 0.15) is 48.3 Å². The Balaban J connectivity index is 1.86. The number of hydrogen-bond acceptors (Lipinski definition) is 6. The van der Waals surface area contributed by atoms with Gasteiger partial charge in [-0.05, 0) is 69.4 Å². The minimum Gasteiger partial charge on any atom is -0.497 e. The van der Waals surface area contributed by atoms with Gasteiger partial charge in [0.25, 0.3) is 0 Å². The highest BCUT2D eigenvalue weighted by molar-refractivity contribution is 7.17. The summed E-state index contributed by atoms with van der Waals surface area (Å²) in [5, 5.41) is 0.819. The molecule has 1 aliphatic heterocycles. The molecular weight excluding hydrogens is 400 g/mol. The molecule has 1 unspecified atom stereocenters. The molecule has 7 heteroatoms. The Kier molecular flexibility index (Phi) is 5.90. The summed E-state index contributed by atoms with van der Waals surface area (Å²) in [5.74, 6) is 0.198. The average molecular weight is 427 g/mol. The largest absolute Gasteiger partial charge is 0.497 e. The van der Waals surface area contributed by atoms with Crippen LogP contribution in [0.3, 0.4) is 0 Å². The molecule has 0 bridgehead atoms. The number of anilines is 1. The monoisotopic (exact) mass is 426 g/mol. The van der Waals surface area contributed by atoms with Crippen molar-refractivity contribution < 1.29 is 19.1 Å². The van der Waals surface area contributed by atoms with Gasteiger partial charge in [-0.3, -0.25) is 14.7 Å². The lowest BCUT2D eigenvalue weighted by molar-refractivity contribution is -0.145. The zero-order valence-corrected chi connectivity index (χ0v) is 18.4. The van der Waals surface area contributed by atoms with Crippen molar-refractivity contribution in [3.05, 3.63) is 45.8 Å². The van der Waals surface area contributed by atoms with Crippen LogP contribution in [0, 0.1) is 0 Å². The quantitative estimate of drug-likeness (QED) is 0.683. The second-order valence-electron chi connectivity index (χ2n) is 7.48. The summed E-state index contributed by atoms with van der Waals surface area (Å²) in [4.78, 5) is 33.3. The van der Waals surface area contributed by atoms with Gasteiger partial charge in [0.05, 0.1) is 19.4 Å². The number of aliphatic imine (C=N–C) groups is 1. The maximum Gasteiger partial charge on any atom is 0.328 e. The van der Waals surface area contributed by atoms with Gasteiger partial charge in [0.2, 0.25) is 5.91 Å². The topological polar surface area (TPSA) is 68.2 Å². The third-order valence-electron chi connectivity index (χ3n) is 5.63. The number of carbonyl (C=O) groups is 2. The second kappa shape index (κ2) is 8.60. The van der Waals surface area contributed by atoms with E-state index in [4.69, 9.17) is 14.5 Å². The van der Waals surface area contributed by atoms with Gasteiger partial charge in [-0.2, -0.15) is 0 Å². The summed E-state index contributed by atoms with van der Waals surface area (Å²) in [6.07, 6.45) is 4.22. The number of amides is 1. The molecule has 4 rings (SSSR count). The number of esters is 1. The fraction of sp³-hybridized carbons (Fsp3) is 0.435. The standard InChI is InChI=1S/C23H26N2O4S/c1-4-29-23(27)14(2)25-19(26)13-24-21(15-9-11-16(28-3)12-10-15)20-17-7-5-6-8-18(17)30-22(20)25/h9-12,14H,4-8,13H2,1-3H3. The Hall–Kier alpha value is -2.67. The molecule has 0 saturated carbocycles. The van der Waals surface area contributed by atoms with Gasteiger partial charge in [-0.15, -0.1) is 11.3 Å². The molecule has 0 saturated heterocycles. The Morgan fingerprint density at radius 2 is 1.97 bits per heavy atom. The van der Waals surface area contributed by atoms with Gasteiger partial charge < -0.3 is 9.47 Å². The van der Waals surface area contributed by atoms with E-state index >= 15 is 0 Å². The number of nitrogens with zero attached hydrogens (tertiary/aromatic N) is 2. The van der Waals surface area contributed by atoms with E-state index in [2.05, 4.69) is 0 Å². The SMILES string of the molecule is CCOC(=O)C(C)N1C(=O)CN=C(c2ccc(OC)cc2)c2c1sc1c2CCCC1. The van der Waals surface area contributed by atoms with Gasteiger partial charge >= 0.3 is 5.97 Å². The van der Waals surface area contributed by atoms with Crippen LogP contribution < -0.4 is 9.64 Å². The molecule has 1 amide bonds.